The van der Waals surface area contributed by atoms with Gasteiger partial charge >= 0.3 is 0 Å². The number of ether oxygens (including phenoxy) is 1. The second kappa shape index (κ2) is 5.68. The maximum Gasteiger partial charge on any atom is 0.171 e. The van der Waals surface area contributed by atoms with Crippen molar-refractivity contribution in [1.29, 1.82) is 10.5 Å². The number of allylic oxidation sites excluding steroid dienone is 2. The lowest BCUT2D eigenvalue weighted by Crippen LogP contribution is -2.01. The number of nitriles is 2. The van der Waals surface area contributed by atoms with Crippen molar-refractivity contribution in [2.45, 2.75) is 0 Å². The van der Waals surface area contributed by atoms with Gasteiger partial charge in [0.25, 0.3) is 0 Å². The van der Waals surface area contributed by atoms with E-state index >= 15 is 0 Å². The first kappa shape index (κ1) is 11.1. The molecule has 0 spiro atoms. The van der Waals surface area contributed by atoms with Crippen LogP contribution < -0.4 is 0 Å². The van der Waals surface area contributed by atoms with Crippen LogP contribution in [-0.4, -0.2) is 26.1 Å². The molecule has 0 aliphatic carbocycles. The van der Waals surface area contributed by atoms with Crippen LogP contribution in [0.4, 0.5) is 0 Å². The van der Waals surface area contributed by atoms with E-state index in [1.54, 1.807) is 29.3 Å². The summed E-state index contributed by atoms with van der Waals surface area (Å²) >= 11 is 0. The van der Waals surface area contributed by atoms with Crippen LogP contribution in [0, 0.1) is 22.7 Å². The maximum atomic E-state index is 8.53. The highest BCUT2D eigenvalue weighted by Gasteiger charge is 2.01. The summed E-state index contributed by atoms with van der Waals surface area (Å²) in [6.07, 6.45) is 3.27. The zero-order valence-corrected chi connectivity index (χ0v) is 7.90. The van der Waals surface area contributed by atoms with Crippen molar-refractivity contribution in [2.24, 2.45) is 0 Å². The van der Waals surface area contributed by atoms with Crippen LogP contribution in [0.3, 0.4) is 0 Å². The van der Waals surface area contributed by atoms with E-state index in [-0.39, 0.29) is 11.3 Å². The van der Waals surface area contributed by atoms with Crippen molar-refractivity contribution < 1.29 is 4.74 Å². The van der Waals surface area contributed by atoms with Crippen LogP contribution >= 0.6 is 0 Å². The molecule has 0 atom stereocenters. The van der Waals surface area contributed by atoms with Gasteiger partial charge in [-0.05, 0) is 6.08 Å². The Hall–Kier alpha value is -1.94. The number of hydrogen-bond donors (Lipinski definition) is 0. The Labute approximate surface area is 77.9 Å². The molecule has 0 fully saturated rings. The molecule has 0 radical (unpaired) electrons. The standard InChI is InChI=1S/C9H11N3O/c1-12(2)5-4-9(13-3)8(6-10)7-11/h4-5H,1-3H3/b5-4+/i4+1,5+1,9+1. The van der Waals surface area contributed by atoms with Crippen molar-refractivity contribution in [2.75, 3.05) is 21.2 Å². The van der Waals surface area contributed by atoms with Crippen molar-refractivity contribution in [3.8, 4) is 12.1 Å². The molecule has 0 aromatic rings. The van der Waals surface area contributed by atoms with Crippen molar-refractivity contribution >= 4 is 0 Å². The Bertz CT molecular complexity index is 286. The van der Waals surface area contributed by atoms with Gasteiger partial charge in [0.15, 0.2) is 5.57 Å². The average molecular weight is 180 g/mol. The molecule has 0 unspecified atom stereocenters. The minimum atomic E-state index is -0.0272. The molecule has 0 heterocycles. The van der Waals surface area contributed by atoms with Crippen molar-refractivity contribution in [1.82, 2.24) is 4.90 Å². The van der Waals surface area contributed by atoms with E-state index in [4.69, 9.17) is 15.3 Å². The fraction of sp³-hybridized carbons (Fsp3) is 0.333. The summed E-state index contributed by atoms with van der Waals surface area (Å²) in [7, 11) is 5.09. The number of rotatable bonds is 3. The topological polar surface area (TPSA) is 60.0 Å². The van der Waals surface area contributed by atoms with E-state index in [1.165, 1.54) is 7.11 Å². The van der Waals surface area contributed by atoms with Crippen LogP contribution in [0.1, 0.15) is 0 Å². The molecule has 0 saturated carbocycles. The molecule has 13 heavy (non-hydrogen) atoms. The molecule has 0 amide bonds. The molecule has 0 saturated heterocycles. The molecule has 0 bridgehead atoms. The summed E-state index contributed by atoms with van der Waals surface area (Å²) in [6, 6.07) is 3.50. The lowest BCUT2D eigenvalue weighted by Gasteiger charge is -2.04. The van der Waals surface area contributed by atoms with E-state index in [2.05, 4.69) is 0 Å². The quantitative estimate of drug-likeness (QED) is 0.281. The molecule has 68 valence electrons. The molecular weight excluding hydrogens is 169 g/mol. The van der Waals surface area contributed by atoms with Gasteiger partial charge in [0.2, 0.25) is 0 Å². The first-order valence-electron chi connectivity index (χ1n) is 3.58. The second-order valence-electron chi connectivity index (χ2n) is 2.45. The lowest BCUT2D eigenvalue weighted by molar-refractivity contribution is 0.304. The van der Waals surface area contributed by atoms with Crippen LogP contribution in [0.5, 0.6) is 0 Å². The minimum absolute atomic E-state index is 0.0272. The summed E-state index contributed by atoms with van der Waals surface area (Å²) in [5.41, 5.74) is -0.0272. The SMILES string of the molecule is CO[13C](/[13CH]=[13CH]/N(C)C)=C(C#N)C#N. The highest BCUT2D eigenvalue weighted by molar-refractivity contribution is 5.41. The number of methoxy groups -OCH3 is 1. The smallest absolute Gasteiger partial charge is 0.171 e. The Morgan fingerprint density at radius 3 is 2.15 bits per heavy atom. The summed E-state index contributed by atoms with van der Waals surface area (Å²) in [5.74, 6) is 0.277. The molecule has 0 rings (SSSR count). The number of hydrogen-bond acceptors (Lipinski definition) is 4. The zero-order chi connectivity index (χ0) is 10.3. The Morgan fingerprint density at radius 1 is 1.31 bits per heavy atom. The highest BCUT2D eigenvalue weighted by Crippen LogP contribution is 2.05. The molecule has 0 N–H and O–H groups in total. The summed E-state index contributed by atoms with van der Waals surface area (Å²) < 4.78 is 4.87. The monoisotopic (exact) mass is 180 g/mol. The Balaban J connectivity index is 4.82. The second-order valence-corrected chi connectivity index (χ2v) is 2.45. The van der Waals surface area contributed by atoms with Crippen LogP contribution in [0.15, 0.2) is 23.6 Å². The third-order valence-electron chi connectivity index (χ3n) is 1.21. The van der Waals surface area contributed by atoms with Crippen LogP contribution in [0.2, 0.25) is 0 Å². The van der Waals surface area contributed by atoms with Gasteiger partial charge in [0, 0.05) is 20.3 Å². The Morgan fingerprint density at radius 2 is 1.85 bits per heavy atom. The van der Waals surface area contributed by atoms with Gasteiger partial charge in [-0.2, -0.15) is 10.5 Å². The van der Waals surface area contributed by atoms with Crippen molar-refractivity contribution in [3.63, 3.8) is 0 Å². The highest BCUT2D eigenvalue weighted by atomic mass is 16.5. The van der Waals surface area contributed by atoms with Crippen LogP contribution in [-0.2, 0) is 4.74 Å². The first-order valence-corrected chi connectivity index (χ1v) is 3.58. The molecule has 0 aromatic heterocycles. The minimum Gasteiger partial charge on any atom is -0.495 e. The fourth-order valence-corrected chi connectivity index (χ4v) is 0.605. The molecule has 0 aliphatic heterocycles. The van der Waals surface area contributed by atoms with Gasteiger partial charge in [-0.25, -0.2) is 0 Å². The molecule has 4 nitrogen and oxygen atoms in total. The van der Waals surface area contributed by atoms with Gasteiger partial charge in [-0.15, -0.1) is 0 Å². The molecule has 4 heteroatoms. The predicted octanol–water partition coefficient (Wildman–Crippen LogP) is 1.01. The van der Waals surface area contributed by atoms with E-state index in [1.807, 2.05) is 14.1 Å². The summed E-state index contributed by atoms with van der Waals surface area (Å²) in [6.45, 7) is 0. The van der Waals surface area contributed by atoms with Gasteiger partial charge in [-0.3, -0.25) is 0 Å². The van der Waals surface area contributed by atoms with Gasteiger partial charge < -0.3 is 9.64 Å². The normalized spacial score (nSPS) is 8.69. The number of nitrogens with zero attached hydrogens (tertiary/aromatic N) is 3. The zero-order valence-electron chi connectivity index (χ0n) is 7.90. The van der Waals surface area contributed by atoms with Gasteiger partial charge in [-0.1, -0.05) is 0 Å². The first-order chi connectivity index (χ1) is 6.15. The summed E-state index contributed by atoms with van der Waals surface area (Å²) in [4.78, 5) is 1.78. The van der Waals surface area contributed by atoms with Gasteiger partial charge in [0.05, 0.1) is 7.11 Å². The summed E-state index contributed by atoms with van der Waals surface area (Å²) in [5, 5.41) is 17.1. The maximum absolute atomic E-state index is 8.53. The predicted molar refractivity (Wildman–Crippen MR) is 48.1 cm³/mol. The van der Waals surface area contributed by atoms with E-state index in [9.17, 15) is 0 Å². The fourth-order valence-electron chi connectivity index (χ4n) is 0.605. The molecule has 0 aromatic carbocycles. The van der Waals surface area contributed by atoms with Crippen LogP contribution in [0.25, 0.3) is 0 Å². The van der Waals surface area contributed by atoms with E-state index in [0.29, 0.717) is 0 Å². The van der Waals surface area contributed by atoms with Crippen molar-refractivity contribution in [3.05, 3.63) is 23.6 Å². The third kappa shape index (κ3) is 3.83. The Kier molecular flexibility index (Phi) is 4.83. The molecule has 0 aliphatic rings. The largest absolute Gasteiger partial charge is 0.495 e. The average Bonchev–Trinajstić information content (AvgIpc) is 2.11. The van der Waals surface area contributed by atoms with E-state index in [0.717, 1.165) is 0 Å². The lowest BCUT2D eigenvalue weighted by atomic mass is 10.4. The third-order valence-corrected chi connectivity index (χ3v) is 1.21. The molecular formula is C9H11N3O. The van der Waals surface area contributed by atoms with E-state index < -0.39 is 0 Å². The van der Waals surface area contributed by atoms with Gasteiger partial charge in [0.1, 0.15) is 17.9 Å².